The maximum atomic E-state index is 11.4. The van der Waals surface area contributed by atoms with Crippen LogP contribution in [0.25, 0.3) is 0 Å². The summed E-state index contributed by atoms with van der Waals surface area (Å²) in [6, 6.07) is 2.94. The Morgan fingerprint density at radius 2 is 2.24 bits per heavy atom. The lowest BCUT2D eigenvalue weighted by Crippen LogP contribution is -2.37. The van der Waals surface area contributed by atoms with Gasteiger partial charge in [0.2, 0.25) is 5.91 Å². The SMILES string of the molecule is O=C(Cn1cc(Br)ccc1=O)NCC(O)CO. The Bertz CT molecular complexity index is 446. The summed E-state index contributed by atoms with van der Waals surface area (Å²) >= 11 is 3.20. The second-order valence-corrected chi connectivity index (χ2v) is 4.37. The van der Waals surface area contributed by atoms with E-state index >= 15 is 0 Å². The van der Waals surface area contributed by atoms with Crippen LogP contribution < -0.4 is 10.9 Å². The van der Waals surface area contributed by atoms with E-state index in [-0.39, 0.29) is 18.6 Å². The fraction of sp³-hybridized carbons (Fsp3) is 0.400. The monoisotopic (exact) mass is 304 g/mol. The number of hydrogen-bond donors (Lipinski definition) is 3. The highest BCUT2D eigenvalue weighted by molar-refractivity contribution is 9.10. The second-order valence-electron chi connectivity index (χ2n) is 3.45. The smallest absolute Gasteiger partial charge is 0.251 e. The van der Waals surface area contributed by atoms with Gasteiger partial charge in [-0.15, -0.1) is 0 Å². The number of rotatable bonds is 5. The molecule has 17 heavy (non-hydrogen) atoms. The number of halogens is 1. The Hall–Kier alpha value is -1.18. The molecule has 1 unspecified atom stereocenters. The van der Waals surface area contributed by atoms with E-state index in [4.69, 9.17) is 10.2 Å². The summed E-state index contributed by atoms with van der Waals surface area (Å²) in [5.41, 5.74) is -0.286. The Labute approximate surface area is 106 Å². The van der Waals surface area contributed by atoms with Crippen molar-refractivity contribution >= 4 is 21.8 Å². The fourth-order valence-corrected chi connectivity index (χ4v) is 1.51. The molecule has 1 aromatic heterocycles. The number of nitrogens with zero attached hydrogens (tertiary/aromatic N) is 1. The molecule has 0 saturated heterocycles. The Balaban J connectivity index is 2.56. The van der Waals surface area contributed by atoms with E-state index in [2.05, 4.69) is 21.2 Å². The molecule has 1 rings (SSSR count). The van der Waals surface area contributed by atoms with E-state index in [1.165, 1.54) is 16.8 Å². The summed E-state index contributed by atoms with van der Waals surface area (Å²) in [5.74, 6) is -0.405. The zero-order valence-corrected chi connectivity index (χ0v) is 10.6. The minimum Gasteiger partial charge on any atom is -0.394 e. The molecule has 0 aliphatic heterocycles. The van der Waals surface area contributed by atoms with E-state index in [0.717, 1.165) is 0 Å². The summed E-state index contributed by atoms with van der Waals surface area (Å²) < 4.78 is 1.94. The normalized spacial score (nSPS) is 12.2. The largest absolute Gasteiger partial charge is 0.394 e. The zero-order chi connectivity index (χ0) is 12.8. The van der Waals surface area contributed by atoms with Gasteiger partial charge in [0.1, 0.15) is 6.54 Å². The van der Waals surface area contributed by atoms with Gasteiger partial charge in [0, 0.05) is 23.3 Å². The Morgan fingerprint density at radius 3 is 2.88 bits per heavy atom. The highest BCUT2D eigenvalue weighted by Gasteiger charge is 2.07. The van der Waals surface area contributed by atoms with Crippen LogP contribution >= 0.6 is 15.9 Å². The molecule has 7 heteroatoms. The van der Waals surface area contributed by atoms with Crippen LogP contribution in [0.2, 0.25) is 0 Å². The average Bonchev–Trinajstić information content (AvgIpc) is 2.30. The molecule has 1 heterocycles. The first-order valence-corrected chi connectivity index (χ1v) is 5.74. The maximum Gasteiger partial charge on any atom is 0.251 e. The van der Waals surface area contributed by atoms with Gasteiger partial charge in [-0.2, -0.15) is 0 Å². The van der Waals surface area contributed by atoms with Gasteiger partial charge in [0.25, 0.3) is 5.56 Å². The summed E-state index contributed by atoms with van der Waals surface area (Å²) in [7, 11) is 0. The predicted molar refractivity (Wildman–Crippen MR) is 64.5 cm³/mol. The molecule has 1 amide bonds. The number of aliphatic hydroxyl groups excluding tert-OH is 2. The number of aromatic nitrogens is 1. The van der Waals surface area contributed by atoms with Crippen molar-refractivity contribution < 1.29 is 15.0 Å². The summed E-state index contributed by atoms with van der Waals surface area (Å²) in [6.45, 7) is -0.592. The molecule has 3 N–H and O–H groups in total. The third-order valence-corrected chi connectivity index (χ3v) is 2.48. The van der Waals surface area contributed by atoms with Crippen LogP contribution in [0.1, 0.15) is 0 Å². The van der Waals surface area contributed by atoms with Crippen LogP contribution in [0, 0.1) is 0 Å². The first-order valence-electron chi connectivity index (χ1n) is 4.94. The number of carbonyl (C=O) groups excluding carboxylic acids is 1. The number of aliphatic hydroxyl groups is 2. The molecule has 0 spiro atoms. The standard InChI is InChI=1S/C10H13BrN2O4/c11-7-1-2-10(17)13(4-7)5-9(16)12-3-8(15)6-14/h1-2,4,8,14-15H,3,5-6H2,(H,12,16). The first-order chi connectivity index (χ1) is 8.02. The van der Waals surface area contributed by atoms with Gasteiger partial charge in [-0.1, -0.05) is 0 Å². The van der Waals surface area contributed by atoms with Crippen LogP contribution in [0.5, 0.6) is 0 Å². The van der Waals surface area contributed by atoms with Crippen LogP contribution in [0.3, 0.4) is 0 Å². The molecule has 6 nitrogen and oxygen atoms in total. The lowest BCUT2D eigenvalue weighted by molar-refractivity contribution is -0.122. The average molecular weight is 305 g/mol. The van der Waals surface area contributed by atoms with Crippen molar-refractivity contribution in [1.82, 2.24) is 9.88 Å². The molecule has 1 atom stereocenters. The fourth-order valence-electron chi connectivity index (χ4n) is 1.13. The lowest BCUT2D eigenvalue weighted by atomic mass is 10.3. The summed E-state index contributed by atoms with van der Waals surface area (Å²) in [5, 5.41) is 20.0. The second kappa shape index (κ2) is 6.53. The number of nitrogens with one attached hydrogen (secondary N) is 1. The summed E-state index contributed by atoms with van der Waals surface area (Å²) in [4.78, 5) is 22.8. The van der Waals surface area contributed by atoms with E-state index in [1.54, 1.807) is 6.07 Å². The van der Waals surface area contributed by atoms with Gasteiger partial charge in [0.15, 0.2) is 0 Å². The molecule has 0 fully saturated rings. The van der Waals surface area contributed by atoms with E-state index in [9.17, 15) is 9.59 Å². The van der Waals surface area contributed by atoms with Gasteiger partial charge >= 0.3 is 0 Å². The van der Waals surface area contributed by atoms with Crippen LogP contribution in [-0.4, -0.2) is 39.9 Å². The molecular weight excluding hydrogens is 292 g/mol. The van der Waals surface area contributed by atoms with Crippen molar-refractivity contribution in [2.24, 2.45) is 0 Å². The predicted octanol–water partition coefficient (Wildman–Crippen LogP) is -0.920. The molecule has 0 aliphatic carbocycles. The number of carbonyl (C=O) groups is 1. The third kappa shape index (κ3) is 4.68. The van der Waals surface area contributed by atoms with Gasteiger partial charge in [-0.3, -0.25) is 9.59 Å². The van der Waals surface area contributed by atoms with Crippen molar-refractivity contribution in [2.75, 3.05) is 13.2 Å². The van der Waals surface area contributed by atoms with Crippen molar-refractivity contribution in [2.45, 2.75) is 12.6 Å². The van der Waals surface area contributed by atoms with Crippen LogP contribution in [0.15, 0.2) is 27.6 Å². The molecule has 0 saturated carbocycles. The van der Waals surface area contributed by atoms with E-state index in [0.29, 0.717) is 4.47 Å². The minimum absolute atomic E-state index is 0.0436. The topological polar surface area (TPSA) is 91.6 Å². The van der Waals surface area contributed by atoms with Gasteiger partial charge < -0.3 is 20.1 Å². The highest BCUT2D eigenvalue weighted by Crippen LogP contribution is 2.04. The molecular formula is C10H13BrN2O4. The molecule has 1 aromatic rings. The molecule has 0 bridgehead atoms. The molecule has 0 aliphatic rings. The van der Waals surface area contributed by atoms with Gasteiger partial charge in [0.05, 0.1) is 12.7 Å². The Kier molecular flexibility index (Phi) is 5.33. The number of pyridine rings is 1. The molecule has 94 valence electrons. The molecule has 0 radical (unpaired) electrons. The van der Waals surface area contributed by atoms with Crippen LogP contribution in [-0.2, 0) is 11.3 Å². The third-order valence-electron chi connectivity index (χ3n) is 2.01. The quantitative estimate of drug-likeness (QED) is 0.656. The maximum absolute atomic E-state index is 11.4. The number of amides is 1. The van der Waals surface area contributed by atoms with Crippen LogP contribution in [0.4, 0.5) is 0 Å². The highest BCUT2D eigenvalue weighted by atomic mass is 79.9. The zero-order valence-electron chi connectivity index (χ0n) is 8.97. The Morgan fingerprint density at radius 1 is 1.53 bits per heavy atom. The minimum atomic E-state index is -0.988. The van der Waals surface area contributed by atoms with E-state index in [1.807, 2.05) is 0 Å². The van der Waals surface area contributed by atoms with Crippen molar-refractivity contribution in [3.63, 3.8) is 0 Å². The first kappa shape index (κ1) is 13.9. The summed E-state index contributed by atoms with van der Waals surface area (Å²) in [6.07, 6.45) is 0.517. The van der Waals surface area contributed by atoms with Gasteiger partial charge in [-0.25, -0.2) is 0 Å². The number of hydrogen-bond acceptors (Lipinski definition) is 4. The van der Waals surface area contributed by atoms with E-state index < -0.39 is 18.6 Å². The molecule has 0 aromatic carbocycles. The van der Waals surface area contributed by atoms with Gasteiger partial charge in [-0.05, 0) is 22.0 Å². The van der Waals surface area contributed by atoms with Crippen molar-refractivity contribution in [3.05, 3.63) is 33.2 Å². The van der Waals surface area contributed by atoms with Crippen molar-refractivity contribution in [1.29, 1.82) is 0 Å². The van der Waals surface area contributed by atoms with Crippen molar-refractivity contribution in [3.8, 4) is 0 Å². The lowest BCUT2D eigenvalue weighted by Gasteiger charge is -2.10.